The summed E-state index contributed by atoms with van der Waals surface area (Å²) in [5.41, 5.74) is 2.18. The highest BCUT2D eigenvalue weighted by atomic mass is 35.5. The summed E-state index contributed by atoms with van der Waals surface area (Å²) in [5.74, 6) is 0.169. The molecule has 1 unspecified atom stereocenters. The fourth-order valence-corrected chi connectivity index (χ4v) is 2.72. The van der Waals surface area contributed by atoms with Crippen molar-refractivity contribution in [3.63, 3.8) is 0 Å². The molecule has 0 spiro atoms. The minimum atomic E-state index is -0.226. The number of hydrogen-bond donors (Lipinski definition) is 1. The smallest absolute Gasteiger partial charge is 0.123 e. The molecule has 0 aliphatic heterocycles. The van der Waals surface area contributed by atoms with E-state index in [1.807, 2.05) is 6.07 Å². The molecule has 0 aliphatic rings. The zero-order valence-electron chi connectivity index (χ0n) is 12.3. The summed E-state index contributed by atoms with van der Waals surface area (Å²) < 4.78 is 13.4. The lowest BCUT2D eigenvalue weighted by atomic mass is 9.92. The van der Waals surface area contributed by atoms with Gasteiger partial charge in [-0.1, -0.05) is 48.9 Å². The van der Waals surface area contributed by atoms with E-state index < -0.39 is 0 Å². The molecule has 0 aliphatic carbocycles. The number of benzene rings is 2. The van der Waals surface area contributed by atoms with Gasteiger partial charge in [-0.25, -0.2) is 4.39 Å². The molecule has 0 aromatic heterocycles. The molecular formula is C18H21ClFN. The molecule has 2 rings (SSSR count). The molecule has 2 aromatic carbocycles. The first-order valence-corrected chi connectivity index (χ1v) is 7.75. The molecule has 0 heterocycles. The van der Waals surface area contributed by atoms with Gasteiger partial charge in [-0.2, -0.15) is 0 Å². The molecule has 1 atom stereocenters. The van der Waals surface area contributed by atoms with Crippen LogP contribution in [0.4, 0.5) is 4.39 Å². The van der Waals surface area contributed by atoms with Gasteiger partial charge in [0.2, 0.25) is 0 Å². The highest BCUT2D eigenvalue weighted by molar-refractivity contribution is 6.31. The Morgan fingerprint density at radius 3 is 2.57 bits per heavy atom. The zero-order chi connectivity index (χ0) is 15.1. The average Bonchev–Trinajstić information content (AvgIpc) is 2.49. The van der Waals surface area contributed by atoms with Gasteiger partial charge in [0.1, 0.15) is 5.82 Å². The van der Waals surface area contributed by atoms with Gasteiger partial charge in [0.25, 0.3) is 0 Å². The predicted molar refractivity (Wildman–Crippen MR) is 87.3 cm³/mol. The van der Waals surface area contributed by atoms with Crippen molar-refractivity contribution in [2.24, 2.45) is 5.92 Å². The topological polar surface area (TPSA) is 12.0 Å². The van der Waals surface area contributed by atoms with E-state index in [9.17, 15) is 4.39 Å². The number of rotatable bonds is 7. The summed E-state index contributed by atoms with van der Waals surface area (Å²) in [6.45, 7) is 3.93. The summed E-state index contributed by atoms with van der Waals surface area (Å²) in [5, 5.41) is 4.03. The first-order valence-electron chi connectivity index (χ1n) is 7.37. The molecule has 1 nitrogen and oxygen atoms in total. The van der Waals surface area contributed by atoms with Crippen LogP contribution in [0.25, 0.3) is 0 Å². The Morgan fingerprint density at radius 2 is 1.86 bits per heavy atom. The van der Waals surface area contributed by atoms with Crippen LogP contribution in [-0.2, 0) is 12.8 Å². The normalized spacial score (nSPS) is 12.3. The maximum Gasteiger partial charge on any atom is 0.123 e. The number of halogens is 2. The van der Waals surface area contributed by atoms with E-state index in [4.69, 9.17) is 11.6 Å². The maximum atomic E-state index is 13.4. The van der Waals surface area contributed by atoms with Crippen LogP contribution in [0.2, 0.25) is 5.02 Å². The Hall–Kier alpha value is -1.38. The zero-order valence-corrected chi connectivity index (χ0v) is 13.0. The Balaban J connectivity index is 2.10. The second kappa shape index (κ2) is 8.16. The van der Waals surface area contributed by atoms with E-state index >= 15 is 0 Å². The molecule has 21 heavy (non-hydrogen) atoms. The van der Waals surface area contributed by atoms with Crippen LogP contribution in [-0.4, -0.2) is 13.1 Å². The van der Waals surface area contributed by atoms with Crippen molar-refractivity contribution in [1.82, 2.24) is 5.32 Å². The minimum absolute atomic E-state index is 0.226. The second-order valence-corrected chi connectivity index (χ2v) is 5.71. The quantitative estimate of drug-likeness (QED) is 0.794. The van der Waals surface area contributed by atoms with Gasteiger partial charge in [0.15, 0.2) is 0 Å². The molecule has 0 bridgehead atoms. The van der Waals surface area contributed by atoms with Gasteiger partial charge in [0.05, 0.1) is 0 Å². The summed E-state index contributed by atoms with van der Waals surface area (Å²) in [6.07, 6.45) is 1.74. The van der Waals surface area contributed by atoms with Crippen molar-refractivity contribution in [2.45, 2.75) is 19.8 Å². The lowest BCUT2D eigenvalue weighted by Gasteiger charge is -2.18. The Bertz CT molecular complexity index is 556. The molecule has 2 aromatic rings. The van der Waals surface area contributed by atoms with E-state index in [1.165, 1.54) is 11.6 Å². The van der Waals surface area contributed by atoms with Crippen LogP contribution in [0.1, 0.15) is 18.1 Å². The van der Waals surface area contributed by atoms with E-state index in [1.54, 1.807) is 12.1 Å². The molecule has 0 amide bonds. The lowest BCUT2D eigenvalue weighted by molar-refractivity contribution is 0.477. The van der Waals surface area contributed by atoms with Gasteiger partial charge in [0, 0.05) is 5.02 Å². The Labute approximate surface area is 131 Å². The summed E-state index contributed by atoms with van der Waals surface area (Å²) in [7, 11) is 0. The van der Waals surface area contributed by atoms with E-state index in [2.05, 4.69) is 36.5 Å². The van der Waals surface area contributed by atoms with Gasteiger partial charge < -0.3 is 5.32 Å². The standard InChI is InChI=1S/C18H21ClFN/c1-2-21-13-15(10-14-6-4-3-5-7-14)11-16-12-17(20)8-9-18(16)19/h3-9,12,15,21H,2,10-11,13H2,1H3. The lowest BCUT2D eigenvalue weighted by Crippen LogP contribution is -2.25. The van der Waals surface area contributed by atoms with E-state index in [0.717, 1.165) is 31.5 Å². The second-order valence-electron chi connectivity index (χ2n) is 5.30. The van der Waals surface area contributed by atoms with E-state index in [0.29, 0.717) is 10.9 Å². The predicted octanol–water partition coefficient (Wildman–Crippen LogP) is 4.49. The van der Waals surface area contributed by atoms with Gasteiger partial charge in [-0.3, -0.25) is 0 Å². The van der Waals surface area contributed by atoms with Crippen molar-refractivity contribution in [3.05, 3.63) is 70.5 Å². The first-order chi connectivity index (χ1) is 10.2. The van der Waals surface area contributed by atoms with Crippen LogP contribution < -0.4 is 5.32 Å². The monoisotopic (exact) mass is 305 g/mol. The minimum Gasteiger partial charge on any atom is -0.317 e. The van der Waals surface area contributed by atoms with Crippen LogP contribution in [0.15, 0.2) is 48.5 Å². The molecule has 1 N–H and O–H groups in total. The van der Waals surface area contributed by atoms with Gasteiger partial charge in [-0.15, -0.1) is 0 Å². The van der Waals surface area contributed by atoms with Crippen LogP contribution >= 0.6 is 11.6 Å². The van der Waals surface area contributed by atoms with Crippen LogP contribution in [0.3, 0.4) is 0 Å². The van der Waals surface area contributed by atoms with Crippen molar-refractivity contribution in [3.8, 4) is 0 Å². The van der Waals surface area contributed by atoms with Crippen molar-refractivity contribution < 1.29 is 4.39 Å². The molecule has 3 heteroatoms. The Kier molecular flexibility index (Phi) is 6.21. The summed E-state index contributed by atoms with van der Waals surface area (Å²) in [6, 6.07) is 15.0. The molecule has 0 saturated carbocycles. The third kappa shape index (κ3) is 5.14. The summed E-state index contributed by atoms with van der Waals surface area (Å²) in [4.78, 5) is 0. The van der Waals surface area contributed by atoms with Crippen LogP contribution in [0.5, 0.6) is 0 Å². The van der Waals surface area contributed by atoms with Crippen LogP contribution in [0, 0.1) is 11.7 Å². The highest BCUT2D eigenvalue weighted by Gasteiger charge is 2.13. The highest BCUT2D eigenvalue weighted by Crippen LogP contribution is 2.22. The molecule has 0 fully saturated rings. The fourth-order valence-electron chi connectivity index (χ4n) is 2.52. The molecule has 0 saturated heterocycles. The van der Waals surface area contributed by atoms with E-state index in [-0.39, 0.29) is 5.82 Å². The summed E-state index contributed by atoms with van der Waals surface area (Å²) >= 11 is 6.19. The first kappa shape index (κ1) is 16.0. The third-order valence-electron chi connectivity index (χ3n) is 3.57. The largest absolute Gasteiger partial charge is 0.317 e. The SMILES string of the molecule is CCNCC(Cc1ccccc1)Cc1cc(F)ccc1Cl. The molecule has 0 radical (unpaired) electrons. The fraction of sp³-hybridized carbons (Fsp3) is 0.333. The average molecular weight is 306 g/mol. The van der Waals surface area contributed by atoms with Crippen molar-refractivity contribution in [2.75, 3.05) is 13.1 Å². The number of hydrogen-bond acceptors (Lipinski definition) is 1. The Morgan fingerprint density at radius 1 is 1.10 bits per heavy atom. The third-order valence-corrected chi connectivity index (χ3v) is 3.94. The molecular weight excluding hydrogens is 285 g/mol. The number of nitrogens with one attached hydrogen (secondary N) is 1. The maximum absolute atomic E-state index is 13.4. The molecule has 112 valence electrons. The van der Waals surface area contributed by atoms with Gasteiger partial charge >= 0.3 is 0 Å². The van der Waals surface area contributed by atoms with Crippen molar-refractivity contribution >= 4 is 11.6 Å². The van der Waals surface area contributed by atoms with Gasteiger partial charge in [-0.05, 0) is 61.2 Å². The van der Waals surface area contributed by atoms with Crippen molar-refractivity contribution in [1.29, 1.82) is 0 Å².